The number of fused-ring (bicyclic) bond motifs is 1. The summed E-state index contributed by atoms with van der Waals surface area (Å²) in [7, 11) is 0. The van der Waals surface area contributed by atoms with E-state index in [1.165, 1.54) is 11.6 Å². The van der Waals surface area contributed by atoms with Crippen LogP contribution < -0.4 is 4.89 Å². The fraction of sp³-hybridized carbons (Fsp3) is 0.391. The first-order chi connectivity index (χ1) is 15.4. The van der Waals surface area contributed by atoms with Gasteiger partial charge in [-0.3, -0.25) is 0 Å². The van der Waals surface area contributed by atoms with Crippen LogP contribution in [0.4, 0.5) is 4.39 Å². The van der Waals surface area contributed by atoms with Crippen LogP contribution in [0.1, 0.15) is 23.6 Å². The first-order valence-electron chi connectivity index (χ1n) is 10.4. The van der Waals surface area contributed by atoms with Crippen molar-refractivity contribution in [3.63, 3.8) is 0 Å². The average Bonchev–Trinajstić information content (AvgIpc) is 3.18. The van der Waals surface area contributed by atoms with Gasteiger partial charge in [0.15, 0.2) is 18.1 Å². The number of aryl methyl sites for hydroxylation is 1. The van der Waals surface area contributed by atoms with E-state index in [0.717, 1.165) is 23.6 Å². The van der Waals surface area contributed by atoms with E-state index in [1.807, 2.05) is 12.1 Å². The third kappa shape index (κ3) is 4.49. The molecule has 2 heterocycles. The number of aromatic amines is 1. The molecular formula is C23H26FNO7. The molecule has 172 valence electrons. The molecule has 0 aliphatic carbocycles. The van der Waals surface area contributed by atoms with E-state index in [9.17, 15) is 24.8 Å². The molecule has 4 rings (SSSR count). The Morgan fingerprint density at radius 3 is 2.47 bits per heavy atom. The minimum absolute atomic E-state index is 0.0413. The van der Waals surface area contributed by atoms with Crippen LogP contribution in [-0.4, -0.2) is 62.7 Å². The van der Waals surface area contributed by atoms with Crippen LogP contribution in [0.3, 0.4) is 0 Å². The van der Waals surface area contributed by atoms with Crippen molar-refractivity contribution in [3.05, 3.63) is 65.1 Å². The van der Waals surface area contributed by atoms with Crippen molar-refractivity contribution in [2.45, 2.75) is 50.5 Å². The van der Waals surface area contributed by atoms with Gasteiger partial charge < -0.3 is 35.0 Å². The molecular weight excluding hydrogens is 421 g/mol. The Kier molecular flexibility index (Phi) is 6.75. The number of rotatable bonds is 7. The van der Waals surface area contributed by atoms with E-state index in [0.29, 0.717) is 17.3 Å². The van der Waals surface area contributed by atoms with Crippen LogP contribution >= 0.6 is 0 Å². The zero-order valence-electron chi connectivity index (χ0n) is 17.4. The molecule has 5 atom stereocenters. The fourth-order valence-corrected chi connectivity index (χ4v) is 3.86. The highest BCUT2D eigenvalue weighted by Gasteiger charge is 2.45. The Hall–Kier alpha value is -2.53. The lowest BCUT2D eigenvalue weighted by Gasteiger charge is -2.38. The Bertz CT molecular complexity index is 1050. The third-order valence-electron chi connectivity index (χ3n) is 5.71. The van der Waals surface area contributed by atoms with Crippen molar-refractivity contribution in [2.24, 2.45) is 0 Å². The number of nitrogens with one attached hydrogen (secondary N) is 1. The topological polar surface area (TPSA) is 124 Å². The summed E-state index contributed by atoms with van der Waals surface area (Å²) in [6, 6.07) is 10.6. The van der Waals surface area contributed by atoms with Crippen molar-refractivity contribution in [1.82, 2.24) is 4.98 Å². The molecule has 3 aromatic rings. The molecule has 1 aliphatic rings. The number of aliphatic hydroxyl groups is 4. The normalized spacial score (nSPS) is 25.9. The van der Waals surface area contributed by atoms with Crippen LogP contribution in [0.2, 0.25) is 0 Å². The molecule has 0 unspecified atom stereocenters. The van der Waals surface area contributed by atoms with Gasteiger partial charge >= 0.3 is 0 Å². The van der Waals surface area contributed by atoms with Gasteiger partial charge in [0.05, 0.1) is 12.1 Å². The third-order valence-corrected chi connectivity index (χ3v) is 5.71. The Morgan fingerprint density at radius 2 is 1.78 bits per heavy atom. The summed E-state index contributed by atoms with van der Waals surface area (Å²) in [5.74, 6) is -0.530. The summed E-state index contributed by atoms with van der Waals surface area (Å²) < 4.78 is 19.2. The standard InChI is InChI=1S/C23H26FNO7/c1-2-12-3-5-13(6-4-12)7-14-10-25-16-8-15(24)9-17(19(14)16)31-32-22-21(28)20(27)18(11-26)30-23(22)29/h3-6,8-10,18,20-23,25-29H,2,7,11H2,1H3/t18-,20-,21+,22-,23-/m1/s1. The van der Waals surface area contributed by atoms with Gasteiger partial charge in [-0.05, 0) is 35.6 Å². The van der Waals surface area contributed by atoms with Crippen LogP contribution in [0.25, 0.3) is 10.9 Å². The number of H-pyrrole nitrogens is 1. The molecule has 1 fully saturated rings. The van der Waals surface area contributed by atoms with E-state index >= 15 is 0 Å². The molecule has 8 nitrogen and oxygen atoms in total. The van der Waals surface area contributed by atoms with Gasteiger partial charge in [-0.1, -0.05) is 31.2 Å². The van der Waals surface area contributed by atoms with E-state index in [1.54, 1.807) is 6.20 Å². The minimum atomic E-state index is -1.67. The largest absolute Gasteiger partial charge is 0.394 e. The fourth-order valence-electron chi connectivity index (χ4n) is 3.86. The molecule has 0 bridgehead atoms. The second-order valence-corrected chi connectivity index (χ2v) is 7.86. The van der Waals surface area contributed by atoms with Crippen molar-refractivity contribution in [2.75, 3.05) is 6.61 Å². The highest BCUT2D eigenvalue weighted by molar-refractivity contribution is 5.89. The second kappa shape index (κ2) is 9.53. The zero-order chi connectivity index (χ0) is 22.8. The van der Waals surface area contributed by atoms with Gasteiger partial charge in [0.2, 0.25) is 0 Å². The maximum Gasteiger partial charge on any atom is 0.188 e. The summed E-state index contributed by atoms with van der Waals surface area (Å²) in [5.41, 5.74) is 3.61. The van der Waals surface area contributed by atoms with Crippen molar-refractivity contribution in [1.29, 1.82) is 0 Å². The van der Waals surface area contributed by atoms with Gasteiger partial charge in [0, 0.05) is 17.6 Å². The first-order valence-corrected chi connectivity index (χ1v) is 10.4. The Labute approximate surface area is 183 Å². The van der Waals surface area contributed by atoms with Crippen molar-refractivity contribution < 1.29 is 39.3 Å². The number of aromatic nitrogens is 1. The molecule has 1 saturated heterocycles. The number of benzene rings is 2. The molecule has 0 spiro atoms. The van der Waals surface area contributed by atoms with Crippen LogP contribution in [-0.2, 0) is 22.5 Å². The molecule has 2 aromatic carbocycles. The molecule has 0 amide bonds. The van der Waals surface area contributed by atoms with E-state index in [4.69, 9.17) is 14.5 Å². The second-order valence-electron chi connectivity index (χ2n) is 7.86. The number of ether oxygens (including phenoxy) is 1. The lowest BCUT2D eigenvalue weighted by atomic mass is 9.99. The van der Waals surface area contributed by atoms with Crippen molar-refractivity contribution in [3.8, 4) is 5.75 Å². The number of hydrogen-bond donors (Lipinski definition) is 5. The Morgan fingerprint density at radius 1 is 1.06 bits per heavy atom. The molecule has 0 radical (unpaired) electrons. The lowest BCUT2D eigenvalue weighted by Crippen LogP contribution is -2.59. The molecule has 32 heavy (non-hydrogen) atoms. The monoisotopic (exact) mass is 447 g/mol. The summed E-state index contributed by atoms with van der Waals surface area (Å²) in [6.45, 7) is 1.49. The molecule has 5 N–H and O–H groups in total. The number of aliphatic hydroxyl groups excluding tert-OH is 4. The smallest absolute Gasteiger partial charge is 0.188 e. The minimum Gasteiger partial charge on any atom is -0.394 e. The summed E-state index contributed by atoms with van der Waals surface area (Å²) in [6.07, 6.45) is -4.16. The zero-order valence-corrected chi connectivity index (χ0v) is 17.4. The van der Waals surface area contributed by atoms with E-state index < -0.39 is 43.1 Å². The lowest BCUT2D eigenvalue weighted by molar-refractivity contribution is -0.364. The Balaban J connectivity index is 1.57. The predicted octanol–water partition coefficient (Wildman–Crippen LogP) is 1.57. The van der Waals surface area contributed by atoms with E-state index in [-0.39, 0.29) is 5.75 Å². The van der Waals surface area contributed by atoms with Gasteiger partial charge in [-0.15, -0.1) is 0 Å². The van der Waals surface area contributed by atoms with Gasteiger partial charge in [0.1, 0.15) is 24.1 Å². The van der Waals surface area contributed by atoms with Crippen LogP contribution in [0.5, 0.6) is 5.75 Å². The highest BCUT2D eigenvalue weighted by Crippen LogP contribution is 2.33. The molecule has 1 aromatic heterocycles. The average molecular weight is 447 g/mol. The summed E-state index contributed by atoms with van der Waals surface area (Å²) in [4.78, 5) is 13.5. The maximum absolute atomic E-state index is 14.1. The summed E-state index contributed by atoms with van der Waals surface area (Å²) >= 11 is 0. The molecule has 9 heteroatoms. The molecule has 1 aliphatic heterocycles. The van der Waals surface area contributed by atoms with E-state index in [2.05, 4.69) is 24.0 Å². The molecule has 0 saturated carbocycles. The predicted molar refractivity (Wildman–Crippen MR) is 112 cm³/mol. The maximum atomic E-state index is 14.1. The number of halogens is 1. The quantitative estimate of drug-likeness (QED) is 0.275. The highest BCUT2D eigenvalue weighted by atomic mass is 19.1. The summed E-state index contributed by atoms with van der Waals surface area (Å²) in [5, 5.41) is 40.0. The van der Waals surface area contributed by atoms with Crippen LogP contribution in [0, 0.1) is 5.82 Å². The van der Waals surface area contributed by atoms with Gasteiger partial charge in [0.25, 0.3) is 0 Å². The SMILES string of the molecule is CCc1ccc(Cc2c[nH]c3cc(F)cc(OO[C@@H]4[C@@H](O)[C@H](O)[C@@H](CO)O[C@H]4O)c23)cc1. The van der Waals surface area contributed by atoms with Crippen LogP contribution in [0.15, 0.2) is 42.6 Å². The first kappa shape index (κ1) is 22.7. The number of hydrogen-bond acceptors (Lipinski definition) is 7. The van der Waals surface area contributed by atoms with Gasteiger partial charge in [-0.25, -0.2) is 4.39 Å². The van der Waals surface area contributed by atoms with Crippen molar-refractivity contribution >= 4 is 10.9 Å². The van der Waals surface area contributed by atoms with Gasteiger partial charge in [-0.2, -0.15) is 4.89 Å².